The molecule has 6 rings (SSSR count). The molecule has 0 saturated carbocycles. The Morgan fingerprint density at radius 1 is 0.548 bits per heavy atom. The standard InChI is InChI=1S/C22H10Br2N2S5/c23-15-7-5-13(29-15)19-17(11-3-1-9-27-11)18(12-4-2-10-28-12)20(14-6-8-16(24)30-14)22-21(19)25-31-26-22/h1-10H. The van der Waals surface area contributed by atoms with Gasteiger partial charge in [0.05, 0.1) is 19.3 Å². The van der Waals surface area contributed by atoms with Gasteiger partial charge in [0.15, 0.2) is 0 Å². The second-order valence-corrected chi connectivity index (χ2v) is 14.0. The van der Waals surface area contributed by atoms with E-state index in [9.17, 15) is 0 Å². The number of hydrogen-bond donors (Lipinski definition) is 0. The minimum absolute atomic E-state index is 0.975. The van der Waals surface area contributed by atoms with Gasteiger partial charge in [0.1, 0.15) is 11.0 Å². The summed E-state index contributed by atoms with van der Waals surface area (Å²) in [5, 5.41) is 4.29. The zero-order valence-corrected chi connectivity index (χ0v) is 22.7. The van der Waals surface area contributed by atoms with Crippen molar-refractivity contribution in [1.29, 1.82) is 0 Å². The van der Waals surface area contributed by atoms with E-state index in [0.29, 0.717) is 0 Å². The van der Waals surface area contributed by atoms with Crippen molar-refractivity contribution in [3.05, 3.63) is 66.9 Å². The lowest BCUT2D eigenvalue weighted by atomic mass is 9.90. The number of rotatable bonds is 4. The van der Waals surface area contributed by atoms with Crippen molar-refractivity contribution < 1.29 is 0 Å². The lowest BCUT2D eigenvalue weighted by Gasteiger charge is -2.17. The molecule has 1 aromatic carbocycles. The van der Waals surface area contributed by atoms with Crippen LogP contribution in [-0.4, -0.2) is 8.75 Å². The van der Waals surface area contributed by atoms with E-state index in [1.807, 2.05) is 0 Å². The summed E-state index contributed by atoms with van der Waals surface area (Å²) in [6, 6.07) is 17.2. The predicted molar refractivity (Wildman–Crippen MR) is 146 cm³/mol. The van der Waals surface area contributed by atoms with E-state index in [4.69, 9.17) is 8.75 Å². The van der Waals surface area contributed by atoms with E-state index >= 15 is 0 Å². The summed E-state index contributed by atoms with van der Waals surface area (Å²) >= 11 is 15.6. The first-order chi connectivity index (χ1) is 15.2. The lowest BCUT2D eigenvalue weighted by Crippen LogP contribution is -1.93. The molecular formula is C22H10Br2N2S5. The Kier molecular flexibility index (Phi) is 5.46. The van der Waals surface area contributed by atoms with E-state index in [1.165, 1.54) is 53.5 Å². The maximum Gasteiger partial charge on any atom is 0.114 e. The highest BCUT2D eigenvalue weighted by Gasteiger charge is 2.28. The molecule has 0 saturated heterocycles. The smallest absolute Gasteiger partial charge is 0.114 e. The molecule has 2 nitrogen and oxygen atoms in total. The number of fused-ring (bicyclic) bond motifs is 1. The molecule has 0 N–H and O–H groups in total. The SMILES string of the molecule is Brc1ccc(-c2c(-c3cccs3)c(-c3cccs3)c(-c3ccc(Br)s3)c3nsnc23)s1. The van der Waals surface area contributed by atoms with Gasteiger partial charge in [-0.3, -0.25) is 0 Å². The van der Waals surface area contributed by atoms with Crippen LogP contribution in [-0.2, 0) is 0 Å². The van der Waals surface area contributed by atoms with Crippen LogP contribution < -0.4 is 0 Å². The third-order valence-corrected chi connectivity index (χ3v) is 10.5. The Morgan fingerprint density at radius 3 is 1.39 bits per heavy atom. The lowest BCUT2D eigenvalue weighted by molar-refractivity contribution is 1.63. The summed E-state index contributed by atoms with van der Waals surface area (Å²) in [6.07, 6.45) is 0. The third kappa shape index (κ3) is 3.51. The van der Waals surface area contributed by atoms with Crippen molar-refractivity contribution in [3.8, 4) is 41.8 Å². The number of benzene rings is 1. The van der Waals surface area contributed by atoms with Gasteiger partial charge in [-0.1, -0.05) is 12.1 Å². The fraction of sp³-hybridized carbons (Fsp3) is 0. The van der Waals surface area contributed by atoms with Crippen LogP contribution in [0.1, 0.15) is 0 Å². The van der Waals surface area contributed by atoms with Crippen molar-refractivity contribution in [2.45, 2.75) is 0 Å². The number of aromatic nitrogens is 2. The van der Waals surface area contributed by atoms with Gasteiger partial charge in [-0.15, -0.1) is 45.3 Å². The molecule has 0 radical (unpaired) electrons. The minimum atomic E-state index is 0.975. The van der Waals surface area contributed by atoms with Crippen molar-refractivity contribution in [3.63, 3.8) is 0 Å². The maximum atomic E-state index is 4.81. The third-order valence-electron chi connectivity index (χ3n) is 4.89. The second-order valence-electron chi connectivity index (χ2n) is 6.62. The van der Waals surface area contributed by atoms with E-state index in [-0.39, 0.29) is 0 Å². The molecule has 0 spiro atoms. The van der Waals surface area contributed by atoms with Crippen molar-refractivity contribution in [1.82, 2.24) is 8.75 Å². The molecule has 0 aliphatic carbocycles. The average molecular weight is 622 g/mol. The average Bonchev–Trinajstić information content (AvgIpc) is 3.58. The first-order valence-corrected chi connectivity index (χ1v) is 14.8. The van der Waals surface area contributed by atoms with Gasteiger partial charge in [-0.05, 0) is 79.0 Å². The van der Waals surface area contributed by atoms with Crippen LogP contribution in [0.2, 0.25) is 0 Å². The Hall–Kier alpha value is -1.20. The van der Waals surface area contributed by atoms with Gasteiger partial charge in [0.25, 0.3) is 0 Å². The summed E-state index contributed by atoms with van der Waals surface area (Å²) < 4.78 is 11.8. The monoisotopic (exact) mass is 620 g/mol. The van der Waals surface area contributed by atoms with Gasteiger partial charge >= 0.3 is 0 Å². The highest BCUT2D eigenvalue weighted by Crippen LogP contribution is 2.54. The molecule has 0 fully saturated rings. The Morgan fingerprint density at radius 2 is 1.03 bits per heavy atom. The second kappa shape index (κ2) is 8.30. The Balaban J connectivity index is 1.86. The van der Waals surface area contributed by atoms with Crippen LogP contribution in [0.5, 0.6) is 0 Å². The molecule has 0 bridgehead atoms. The fourth-order valence-electron chi connectivity index (χ4n) is 3.71. The van der Waals surface area contributed by atoms with Gasteiger partial charge < -0.3 is 0 Å². The molecule has 0 aliphatic rings. The normalized spacial score (nSPS) is 11.5. The number of thiophene rings is 4. The van der Waals surface area contributed by atoms with Crippen molar-refractivity contribution in [2.24, 2.45) is 0 Å². The van der Waals surface area contributed by atoms with E-state index < -0.39 is 0 Å². The number of hydrogen-bond acceptors (Lipinski definition) is 7. The molecule has 0 aliphatic heterocycles. The summed E-state index contributed by atoms with van der Waals surface area (Å²) in [4.78, 5) is 4.89. The quantitative estimate of drug-likeness (QED) is 0.196. The van der Waals surface area contributed by atoms with Crippen LogP contribution in [0.4, 0.5) is 0 Å². The maximum absolute atomic E-state index is 4.81. The first kappa shape index (κ1) is 20.4. The van der Waals surface area contributed by atoms with Crippen LogP contribution in [0.25, 0.3) is 52.8 Å². The zero-order chi connectivity index (χ0) is 20.9. The van der Waals surface area contributed by atoms with Crippen molar-refractivity contribution in [2.75, 3.05) is 0 Å². The molecule has 31 heavy (non-hydrogen) atoms. The van der Waals surface area contributed by atoms with Crippen LogP contribution in [0.3, 0.4) is 0 Å². The Bertz CT molecular complexity index is 1390. The fourth-order valence-corrected chi connectivity index (χ4v) is 8.72. The van der Waals surface area contributed by atoms with Gasteiger partial charge in [-0.2, -0.15) is 8.75 Å². The van der Waals surface area contributed by atoms with Gasteiger partial charge in [-0.25, -0.2) is 0 Å². The van der Waals surface area contributed by atoms with E-state index in [2.05, 4.69) is 91.2 Å². The van der Waals surface area contributed by atoms with Crippen molar-refractivity contribution >= 4 is 100.0 Å². The predicted octanol–water partition coefficient (Wildman–Crippen LogP) is 10.1. The topological polar surface area (TPSA) is 25.8 Å². The highest BCUT2D eigenvalue weighted by atomic mass is 79.9. The van der Waals surface area contributed by atoms with Gasteiger partial charge in [0.2, 0.25) is 0 Å². The highest BCUT2D eigenvalue weighted by molar-refractivity contribution is 9.11. The van der Waals surface area contributed by atoms with E-state index in [1.54, 1.807) is 45.3 Å². The zero-order valence-electron chi connectivity index (χ0n) is 15.5. The molecule has 5 heterocycles. The minimum Gasteiger partial charge on any atom is -0.172 e. The summed E-state index contributed by atoms with van der Waals surface area (Å²) in [5.74, 6) is 0. The molecule has 6 aromatic rings. The van der Waals surface area contributed by atoms with Crippen LogP contribution in [0, 0.1) is 0 Å². The number of halogens is 2. The van der Waals surface area contributed by atoms with Crippen LogP contribution in [0.15, 0.2) is 66.9 Å². The summed E-state index contributed by atoms with van der Waals surface area (Å²) in [5.41, 5.74) is 6.78. The van der Waals surface area contributed by atoms with E-state index in [0.717, 1.165) is 18.6 Å². The molecule has 0 amide bonds. The molecule has 9 heteroatoms. The Labute approximate surface area is 215 Å². The largest absolute Gasteiger partial charge is 0.172 e. The molecule has 5 aromatic heterocycles. The van der Waals surface area contributed by atoms with Gasteiger partial charge in [0, 0.05) is 41.8 Å². The van der Waals surface area contributed by atoms with Crippen LogP contribution >= 0.6 is 88.9 Å². The molecule has 0 unspecified atom stereocenters. The summed E-state index contributed by atoms with van der Waals surface area (Å²) in [6.45, 7) is 0. The first-order valence-electron chi connectivity index (χ1n) is 9.12. The molecule has 0 atom stereocenters. The number of nitrogens with zero attached hydrogens (tertiary/aromatic N) is 2. The molecular weight excluding hydrogens is 612 g/mol. The summed E-state index contributed by atoms with van der Waals surface area (Å²) in [7, 11) is 0. The molecule has 152 valence electrons.